The molecule has 0 N–H and O–H groups in total. The van der Waals surface area contributed by atoms with Crippen LogP contribution in [0.2, 0.25) is 0 Å². The van der Waals surface area contributed by atoms with Gasteiger partial charge in [0.25, 0.3) is 0 Å². The Bertz CT molecular complexity index is 364. The monoisotopic (exact) mass is 226 g/mol. The van der Waals surface area contributed by atoms with Crippen LogP contribution in [0.5, 0.6) is 0 Å². The molecule has 4 nitrogen and oxygen atoms in total. The lowest BCUT2D eigenvalue weighted by atomic mass is 10.1. The number of ether oxygens (including phenoxy) is 1. The van der Waals surface area contributed by atoms with E-state index < -0.39 is 0 Å². The number of methoxy groups -OCH3 is 1. The number of likely N-dealkylation sites (tertiary alicyclic amines) is 1. The van der Waals surface area contributed by atoms with E-state index in [4.69, 9.17) is 0 Å². The molecule has 1 aromatic rings. The van der Waals surface area contributed by atoms with Crippen LogP contribution >= 0.6 is 11.3 Å². The van der Waals surface area contributed by atoms with Crippen LogP contribution in [0.3, 0.4) is 0 Å². The molecule has 0 saturated carbocycles. The fourth-order valence-electron chi connectivity index (χ4n) is 1.81. The minimum absolute atomic E-state index is 0.344. The van der Waals surface area contributed by atoms with Crippen molar-refractivity contribution >= 4 is 17.3 Å². The molecule has 15 heavy (non-hydrogen) atoms. The zero-order valence-electron chi connectivity index (χ0n) is 8.90. The Labute approximate surface area is 92.9 Å². The van der Waals surface area contributed by atoms with Gasteiger partial charge in [0.05, 0.1) is 12.1 Å². The third-order valence-electron chi connectivity index (χ3n) is 2.66. The maximum Gasteiger partial charge on any atom is 0.357 e. The molecule has 0 aromatic carbocycles. The lowest BCUT2D eigenvalue weighted by molar-refractivity contribution is 0.0594. The van der Waals surface area contributed by atoms with E-state index in [1.165, 1.54) is 7.11 Å². The minimum Gasteiger partial charge on any atom is -0.464 e. The molecule has 0 spiro atoms. The third kappa shape index (κ3) is 2.18. The van der Waals surface area contributed by atoms with Crippen molar-refractivity contribution < 1.29 is 9.53 Å². The second-order valence-corrected chi connectivity index (χ2v) is 4.70. The van der Waals surface area contributed by atoms with Crippen molar-refractivity contribution in [2.24, 2.45) is 0 Å². The summed E-state index contributed by atoms with van der Waals surface area (Å²) in [5.41, 5.74) is 0.437. The predicted octanol–water partition coefficient (Wildman–Crippen LogP) is 1.35. The summed E-state index contributed by atoms with van der Waals surface area (Å²) < 4.78 is 4.63. The van der Waals surface area contributed by atoms with Gasteiger partial charge in [0.1, 0.15) is 0 Å². The first-order valence-electron chi connectivity index (χ1n) is 4.93. The topological polar surface area (TPSA) is 42.4 Å². The molecule has 2 rings (SSSR count). The summed E-state index contributed by atoms with van der Waals surface area (Å²) in [7, 11) is 3.49. The molecular formula is C10H14N2O2S. The van der Waals surface area contributed by atoms with E-state index in [2.05, 4.69) is 21.7 Å². The van der Waals surface area contributed by atoms with Gasteiger partial charge in [-0.25, -0.2) is 9.78 Å². The Hall–Kier alpha value is -0.940. The van der Waals surface area contributed by atoms with Crippen LogP contribution in [-0.2, 0) is 4.74 Å². The molecule has 1 saturated heterocycles. The van der Waals surface area contributed by atoms with Gasteiger partial charge in [0, 0.05) is 17.8 Å². The molecule has 5 heteroatoms. The van der Waals surface area contributed by atoms with E-state index in [0.29, 0.717) is 11.6 Å². The van der Waals surface area contributed by atoms with Crippen molar-refractivity contribution in [3.05, 3.63) is 16.1 Å². The molecule has 2 heterocycles. The molecule has 0 amide bonds. The van der Waals surface area contributed by atoms with Gasteiger partial charge in [-0.05, 0) is 20.0 Å². The van der Waals surface area contributed by atoms with E-state index >= 15 is 0 Å². The fourth-order valence-corrected chi connectivity index (χ4v) is 2.73. The van der Waals surface area contributed by atoms with E-state index in [1.54, 1.807) is 16.7 Å². The largest absolute Gasteiger partial charge is 0.464 e. The van der Waals surface area contributed by atoms with E-state index in [9.17, 15) is 4.79 Å². The molecule has 82 valence electrons. The molecule has 1 aliphatic rings. The number of nitrogens with zero attached hydrogens (tertiary/aromatic N) is 2. The van der Waals surface area contributed by atoms with Crippen LogP contribution in [0.15, 0.2) is 5.38 Å². The van der Waals surface area contributed by atoms with Crippen molar-refractivity contribution in [1.29, 1.82) is 0 Å². The molecule has 0 radical (unpaired) electrons. The number of carbonyl (C=O) groups is 1. The van der Waals surface area contributed by atoms with Gasteiger partial charge in [-0.1, -0.05) is 0 Å². The summed E-state index contributed by atoms with van der Waals surface area (Å²) in [5.74, 6) is 0.141. The molecular weight excluding hydrogens is 212 g/mol. The summed E-state index contributed by atoms with van der Waals surface area (Å²) in [6.07, 6.45) is 1.13. The van der Waals surface area contributed by atoms with E-state index in [0.717, 1.165) is 24.5 Å². The second kappa shape index (κ2) is 4.28. The van der Waals surface area contributed by atoms with Crippen LogP contribution < -0.4 is 0 Å². The lowest BCUT2D eigenvalue weighted by Gasteiger charge is -2.06. The van der Waals surface area contributed by atoms with E-state index in [1.807, 2.05) is 0 Å². The fraction of sp³-hybridized carbons (Fsp3) is 0.600. The smallest absolute Gasteiger partial charge is 0.357 e. The van der Waals surface area contributed by atoms with Crippen molar-refractivity contribution in [3.8, 4) is 0 Å². The molecule has 1 aliphatic heterocycles. The normalized spacial score (nSPS) is 21.9. The summed E-state index contributed by atoms with van der Waals surface area (Å²) in [6, 6.07) is 0. The summed E-state index contributed by atoms with van der Waals surface area (Å²) >= 11 is 1.55. The molecule has 1 atom stereocenters. The molecule has 0 bridgehead atoms. The minimum atomic E-state index is -0.344. The summed E-state index contributed by atoms with van der Waals surface area (Å²) in [6.45, 7) is 2.14. The van der Waals surface area contributed by atoms with Crippen molar-refractivity contribution in [2.45, 2.75) is 12.3 Å². The number of likely N-dealkylation sites (N-methyl/N-ethyl adjacent to an activating group) is 1. The lowest BCUT2D eigenvalue weighted by Crippen LogP contribution is -2.13. The zero-order valence-corrected chi connectivity index (χ0v) is 9.71. The molecule has 0 aliphatic carbocycles. The average Bonchev–Trinajstić information content (AvgIpc) is 2.84. The van der Waals surface area contributed by atoms with Gasteiger partial charge in [0.2, 0.25) is 0 Å². The Morgan fingerprint density at radius 2 is 2.53 bits per heavy atom. The first-order valence-corrected chi connectivity index (χ1v) is 5.81. The second-order valence-electron chi connectivity index (χ2n) is 3.81. The van der Waals surface area contributed by atoms with Crippen LogP contribution in [-0.4, -0.2) is 43.1 Å². The number of hydrogen-bond acceptors (Lipinski definition) is 5. The van der Waals surface area contributed by atoms with Crippen molar-refractivity contribution in [3.63, 3.8) is 0 Å². The first-order chi connectivity index (χ1) is 7.20. The van der Waals surface area contributed by atoms with Crippen LogP contribution in [0.4, 0.5) is 0 Å². The van der Waals surface area contributed by atoms with Crippen LogP contribution in [0, 0.1) is 0 Å². The number of carbonyl (C=O) groups excluding carboxylic acids is 1. The van der Waals surface area contributed by atoms with Crippen molar-refractivity contribution in [2.75, 3.05) is 27.2 Å². The number of aromatic nitrogens is 1. The number of thiazole rings is 1. The first kappa shape index (κ1) is 10.6. The number of esters is 1. The maximum atomic E-state index is 11.2. The highest BCUT2D eigenvalue weighted by Gasteiger charge is 2.24. The highest BCUT2D eigenvalue weighted by molar-refractivity contribution is 7.09. The van der Waals surface area contributed by atoms with Gasteiger partial charge in [-0.2, -0.15) is 0 Å². The van der Waals surface area contributed by atoms with E-state index in [-0.39, 0.29) is 5.97 Å². The summed E-state index contributed by atoms with van der Waals surface area (Å²) in [5, 5.41) is 2.83. The molecule has 1 unspecified atom stereocenters. The van der Waals surface area contributed by atoms with Gasteiger partial charge >= 0.3 is 5.97 Å². The Morgan fingerprint density at radius 1 is 1.73 bits per heavy atom. The van der Waals surface area contributed by atoms with Crippen LogP contribution in [0.25, 0.3) is 0 Å². The van der Waals surface area contributed by atoms with Gasteiger partial charge < -0.3 is 9.64 Å². The molecule has 1 fully saturated rings. The standard InChI is InChI=1S/C10H14N2O2S/c1-12-4-3-7(5-12)9-11-8(6-15-9)10(13)14-2/h6-7H,3-5H2,1-2H3. The van der Waals surface area contributed by atoms with Gasteiger partial charge in [0.15, 0.2) is 5.69 Å². The molecule has 1 aromatic heterocycles. The quantitative estimate of drug-likeness (QED) is 0.714. The number of rotatable bonds is 2. The van der Waals surface area contributed by atoms with Crippen LogP contribution in [0.1, 0.15) is 27.8 Å². The van der Waals surface area contributed by atoms with Crippen molar-refractivity contribution in [1.82, 2.24) is 9.88 Å². The third-order valence-corrected chi connectivity index (χ3v) is 3.66. The van der Waals surface area contributed by atoms with Gasteiger partial charge in [-0.15, -0.1) is 11.3 Å². The Kier molecular flexibility index (Phi) is 3.02. The van der Waals surface area contributed by atoms with Gasteiger partial charge in [-0.3, -0.25) is 0 Å². The Morgan fingerprint density at radius 3 is 3.13 bits per heavy atom. The highest BCUT2D eigenvalue weighted by Crippen LogP contribution is 2.28. The maximum absolute atomic E-state index is 11.2. The predicted molar refractivity (Wildman–Crippen MR) is 58.3 cm³/mol. The average molecular weight is 226 g/mol. The zero-order chi connectivity index (χ0) is 10.8. The Balaban J connectivity index is 2.10. The number of hydrogen-bond donors (Lipinski definition) is 0. The summed E-state index contributed by atoms with van der Waals surface area (Å²) in [4.78, 5) is 17.8. The highest BCUT2D eigenvalue weighted by atomic mass is 32.1. The SMILES string of the molecule is COC(=O)c1csc(C2CCN(C)C2)n1.